The molecule has 17 heavy (non-hydrogen) atoms. The first-order chi connectivity index (χ1) is 8.33. The van der Waals surface area contributed by atoms with Crippen LogP contribution in [0.4, 0.5) is 0 Å². The largest absolute Gasteiger partial charge is 0.370 e. The summed E-state index contributed by atoms with van der Waals surface area (Å²) >= 11 is 0. The standard InChI is InChI=1S/C14H16N2O/c1-2-6-12(14-15-9-10-16-14)13(17)11-7-4-3-5-8-11/h2-5,7-8,15-16H,1,6,9-10H2. The minimum atomic E-state index is 0.0578. The highest BCUT2D eigenvalue weighted by atomic mass is 16.1. The number of benzene rings is 1. The smallest absolute Gasteiger partial charge is 0.192 e. The summed E-state index contributed by atoms with van der Waals surface area (Å²) in [5, 5.41) is 6.38. The van der Waals surface area contributed by atoms with Crippen molar-refractivity contribution in [1.29, 1.82) is 0 Å². The number of rotatable bonds is 4. The van der Waals surface area contributed by atoms with Crippen molar-refractivity contribution in [3.05, 3.63) is 59.9 Å². The van der Waals surface area contributed by atoms with Gasteiger partial charge >= 0.3 is 0 Å². The van der Waals surface area contributed by atoms with Crippen LogP contribution in [0.5, 0.6) is 0 Å². The Bertz CT molecular complexity index is 441. The molecule has 0 saturated carbocycles. The molecule has 2 rings (SSSR count). The summed E-state index contributed by atoms with van der Waals surface area (Å²) in [5.74, 6) is 0.904. The summed E-state index contributed by atoms with van der Waals surface area (Å²) in [6, 6.07) is 9.32. The molecule has 3 heteroatoms. The van der Waals surface area contributed by atoms with Gasteiger partial charge < -0.3 is 10.6 Å². The van der Waals surface area contributed by atoms with Crippen LogP contribution >= 0.6 is 0 Å². The number of hydrogen-bond acceptors (Lipinski definition) is 3. The van der Waals surface area contributed by atoms with E-state index in [0.717, 1.165) is 24.5 Å². The van der Waals surface area contributed by atoms with E-state index in [0.29, 0.717) is 12.0 Å². The average Bonchev–Trinajstić information content (AvgIpc) is 2.90. The molecule has 0 spiro atoms. The fourth-order valence-electron chi connectivity index (χ4n) is 1.87. The Labute approximate surface area is 101 Å². The maximum atomic E-state index is 12.3. The van der Waals surface area contributed by atoms with Crippen LogP contribution in [0, 0.1) is 0 Å². The topological polar surface area (TPSA) is 41.1 Å². The minimum absolute atomic E-state index is 0.0578. The molecule has 1 aliphatic heterocycles. The van der Waals surface area contributed by atoms with Crippen molar-refractivity contribution >= 4 is 5.78 Å². The van der Waals surface area contributed by atoms with E-state index < -0.39 is 0 Å². The van der Waals surface area contributed by atoms with E-state index in [-0.39, 0.29) is 5.78 Å². The maximum absolute atomic E-state index is 12.3. The van der Waals surface area contributed by atoms with E-state index in [9.17, 15) is 4.79 Å². The van der Waals surface area contributed by atoms with Crippen LogP contribution in [0.3, 0.4) is 0 Å². The summed E-state index contributed by atoms with van der Waals surface area (Å²) in [4.78, 5) is 12.3. The lowest BCUT2D eigenvalue weighted by molar-refractivity contribution is 0.103. The van der Waals surface area contributed by atoms with Crippen molar-refractivity contribution in [2.45, 2.75) is 6.42 Å². The fourth-order valence-corrected chi connectivity index (χ4v) is 1.87. The van der Waals surface area contributed by atoms with E-state index >= 15 is 0 Å². The second-order valence-electron chi connectivity index (χ2n) is 3.90. The van der Waals surface area contributed by atoms with Crippen molar-refractivity contribution in [2.75, 3.05) is 13.1 Å². The van der Waals surface area contributed by atoms with Crippen LogP contribution in [0.1, 0.15) is 16.8 Å². The molecule has 0 bridgehead atoms. The molecule has 0 unspecified atom stereocenters. The molecule has 1 fully saturated rings. The van der Waals surface area contributed by atoms with Crippen molar-refractivity contribution in [2.24, 2.45) is 0 Å². The van der Waals surface area contributed by atoms with E-state index in [4.69, 9.17) is 0 Å². The highest BCUT2D eigenvalue weighted by Gasteiger charge is 2.18. The molecule has 0 radical (unpaired) electrons. The van der Waals surface area contributed by atoms with Crippen molar-refractivity contribution < 1.29 is 4.79 Å². The van der Waals surface area contributed by atoms with Gasteiger partial charge in [-0.05, 0) is 6.42 Å². The summed E-state index contributed by atoms with van der Waals surface area (Å²) in [6.45, 7) is 5.42. The molecule has 0 amide bonds. The van der Waals surface area contributed by atoms with E-state index in [1.54, 1.807) is 6.08 Å². The van der Waals surface area contributed by atoms with Gasteiger partial charge in [-0.25, -0.2) is 0 Å². The molecule has 1 aliphatic rings. The van der Waals surface area contributed by atoms with E-state index in [1.165, 1.54) is 0 Å². The van der Waals surface area contributed by atoms with Gasteiger partial charge in [-0.15, -0.1) is 6.58 Å². The van der Waals surface area contributed by atoms with Crippen molar-refractivity contribution in [1.82, 2.24) is 10.6 Å². The average molecular weight is 228 g/mol. The highest BCUT2D eigenvalue weighted by Crippen LogP contribution is 2.15. The molecule has 2 N–H and O–H groups in total. The van der Waals surface area contributed by atoms with E-state index in [2.05, 4.69) is 17.2 Å². The molecular weight excluding hydrogens is 212 g/mol. The third-order valence-electron chi connectivity index (χ3n) is 2.69. The lowest BCUT2D eigenvalue weighted by Gasteiger charge is -2.09. The third kappa shape index (κ3) is 2.56. The maximum Gasteiger partial charge on any atom is 0.192 e. The van der Waals surface area contributed by atoms with Gasteiger partial charge in [0.25, 0.3) is 0 Å². The monoisotopic (exact) mass is 228 g/mol. The van der Waals surface area contributed by atoms with Crippen molar-refractivity contribution in [3.8, 4) is 0 Å². The number of carbonyl (C=O) groups excluding carboxylic acids is 1. The number of carbonyl (C=O) groups is 1. The molecule has 0 atom stereocenters. The molecule has 3 nitrogen and oxygen atoms in total. The van der Waals surface area contributed by atoms with Gasteiger partial charge in [0, 0.05) is 24.2 Å². The first kappa shape index (κ1) is 11.5. The Morgan fingerprint density at radius 1 is 1.24 bits per heavy atom. The van der Waals surface area contributed by atoms with Gasteiger partial charge in [-0.1, -0.05) is 36.4 Å². The minimum Gasteiger partial charge on any atom is -0.370 e. The lowest BCUT2D eigenvalue weighted by atomic mass is 10.0. The lowest BCUT2D eigenvalue weighted by Crippen LogP contribution is -2.18. The molecule has 0 aliphatic carbocycles. The number of nitrogens with one attached hydrogen (secondary N) is 2. The predicted octanol–water partition coefficient (Wildman–Crippen LogP) is 1.85. The summed E-state index contributed by atoms with van der Waals surface area (Å²) < 4.78 is 0. The highest BCUT2D eigenvalue weighted by molar-refractivity contribution is 6.09. The number of Topliss-reactive ketones (excluding diaryl/α,β-unsaturated/α-hetero) is 1. The molecule has 1 aromatic carbocycles. The predicted molar refractivity (Wildman–Crippen MR) is 68.6 cm³/mol. The number of ketones is 1. The molecular formula is C14H16N2O. The normalized spacial score (nSPS) is 13.8. The Morgan fingerprint density at radius 3 is 2.47 bits per heavy atom. The quantitative estimate of drug-likeness (QED) is 0.469. The second-order valence-corrected chi connectivity index (χ2v) is 3.90. The fraction of sp³-hybridized carbons (Fsp3) is 0.214. The zero-order valence-corrected chi connectivity index (χ0v) is 9.70. The van der Waals surface area contributed by atoms with Gasteiger partial charge in [-0.2, -0.15) is 0 Å². The third-order valence-corrected chi connectivity index (χ3v) is 2.69. The van der Waals surface area contributed by atoms with Gasteiger partial charge in [0.15, 0.2) is 5.78 Å². The van der Waals surface area contributed by atoms with Crippen LogP contribution in [0.25, 0.3) is 0 Å². The number of hydrogen-bond donors (Lipinski definition) is 2. The van der Waals surface area contributed by atoms with Gasteiger partial charge in [0.05, 0.1) is 0 Å². The Kier molecular flexibility index (Phi) is 3.60. The van der Waals surface area contributed by atoms with E-state index in [1.807, 2.05) is 30.3 Å². The summed E-state index contributed by atoms with van der Waals surface area (Å²) in [5.41, 5.74) is 1.47. The first-order valence-corrected chi connectivity index (χ1v) is 5.74. The second kappa shape index (κ2) is 5.34. The Balaban J connectivity index is 2.31. The van der Waals surface area contributed by atoms with Crippen LogP contribution < -0.4 is 10.6 Å². The molecule has 1 heterocycles. The molecule has 88 valence electrons. The van der Waals surface area contributed by atoms with Gasteiger partial charge in [-0.3, -0.25) is 4.79 Å². The molecule has 1 aromatic rings. The number of allylic oxidation sites excluding steroid dienone is 2. The van der Waals surface area contributed by atoms with Gasteiger partial charge in [0.2, 0.25) is 0 Å². The SMILES string of the molecule is C=CCC(C(=O)c1ccccc1)=C1NCCN1. The Morgan fingerprint density at radius 2 is 1.88 bits per heavy atom. The zero-order valence-electron chi connectivity index (χ0n) is 9.70. The summed E-state index contributed by atoms with van der Waals surface area (Å²) in [6.07, 6.45) is 2.33. The first-order valence-electron chi connectivity index (χ1n) is 5.74. The molecule has 1 saturated heterocycles. The van der Waals surface area contributed by atoms with Crippen LogP contribution in [-0.2, 0) is 0 Å². The zero-order chi connectivity index (χ0) is 12.1. The molecule has 0 aromatic heterocycles. The van der Waals surface area contributed by atoms with Crippen LogP contribution in [0.15, 0.2) is 54.4 Å². The van der Waals surface area contributed by atoms with Crippen LogP contribution in [0.2, 0.25) is 0 Å². The van der Waals surface area contributed by atoms with Crippen LogP contribution in [-0.4, -0.2) is 18.9 Å². The van der Waals surface area contributed by atoms with Gasteiger partial charge in [0.1, 0.15) is 5.82 Å². The van der Waals surface area contributed by atoms with Crippen molar-refractivity contribution in [3.63, 3.8) is 0 Å². The summed E-state index contributed by atoms with van der Waals surface area (Å²) in [7, 11) is 0. The Hall–Kier alpha value is -2.03.